The summed E-state index contributed by atoms with van der Waals surface area (Å²) in [4.78, 5) is 22.4. The van der Waals surface area contributed by atoms with Gasteiger partial charge in [-0.1, -0.05) is 6.42 Å². The number of hydrogen-bond acceptors (Lipinski definition) is 3. The van der Waals surface area contributed by atoms with Gasteiger partial charge in [-0.15, -0.1) is 12.4 Å². The van der Waals surface area contributed by atoms with Crippen LogP contribution in [0.25, 0.3) is 0 Å². The maximum atomic E-state index is 11.8. The normalized spacial score (nSPS) is 21.7. The average Bonchev–Trinajstić information content (AvgIpc) is 2.36. The van der Waals surface area contributed by atoms with E-state index in [0.717, 1.165) is 38.6 Å². The zero-order chi connectivity index (χ0) is 14.1. The molecule has 2 unspecified atom stereocenters. The molecule has 0 saturated carbocycles. The molecule has 1 aliphatic rings. The molecule has 2 atom stereocenters. The van der Waals surface area contributed by atoms with E-state index in [1.807, 2.05) is 0 Å². The number of nitrogens with one attached hydrogen (secondary N) is 3. The van der Waals surface area contributed by atoms with Crippen molar-refractivity contribution in [3.8, 4) is 0 Å². The zero-order valence-corrected chi connectivity index (χ0v) is 13.4. The van der Waals surface area contributed by atoms with E-state index in [4.69, 9.17) is 0 Å². The number of amides is 2. The summed E-state index contributed by atoms with van der Waals surface area (Å²) in [7, 11) is 0. The summed E-state index contributed by atoms with van der Waals surface area (Å²) in [5.41, 5.74) is 0. The van der Waals surface area contributed by atoms with Crippen LogP contribution in [-0.2, 0) is 9.59 Å². The van der Waals surface area contributed by atoms with Crippen molar-refractivity contribution in [1.82, 2.24) is 16.0 Å². The first-order valence-corrected chi connectivity index (χ1v) is 7.37. The van der Waals surface area contributed by atoms with Crippen LogP contribution in [-0.4, -0.2) is 37.0 Å². The summed E-state index contributed by atoms with van der Waals surface area (Å²) >= 11 is 0. The minimum atomic E-state index is 0. The minimum absolute atomic E-state index is 0. The Morgan fingerprint density at radius 1 is 1.25 bits per heavy atom. The molecule has 0 radical (unpaired) electrons. The van der Waals surface area contributed by atoms with Gasteiger partial charge in [0.05, 0.1) is 0 Å². The fourth-order valence-electron chi connectivity index (χ4n) is 2.37. The van der Waals surface area contributed by atoms with E-state index in [2.05, 4.69) is 22.9 Å². The second kappa shape index (κ2) is 10.9. The molecular weight excluding hydrogens is 278 g/mol. The van der Waals surface area contributed by atoms with E-state index in [0.29, 0.717) is 19.0 Å². The van der Waals surface area contributed by atoms with Gasteiger partial charge in [0.15, 0.2) is 0 Å². The lowest BCUT2D eigenvalue weighted by atomic mass is 9.99. The van der Waals surface area contributed by atoms with Gasteiger partial charge in [-0.05, 0) is 39.2 Å². The molecule has 0 aliphatic carbocycles. The molecule has 118 valence electrons. The Kier molecular flexibility index (Phi) is 10.5. The highest BCUT2D eigenvalue weighted by molar-refractivity contribution is 5.85. The molecule has 1 aliphatic heterocycles. The third-order valence-electron chi connectivity index (χ3n) is 3.56. The van der Waals surface area contributed by atoms with Crippen LogP contribution in [0.15, 0.2) is 0 Å². The largest absolute Gasteiger partial charge is 0.356 e. The van der Waals surface area contributed by atoms with Crippen molar-refractivity contribution in [3.63, 3.8) is 0 Å². The van der Waals surface area contributed by atoms with E-state index in [1.54, 1.807) is 0 Å². The number of halogens is 1. The van der Waals surface area contributed by atoms with Gasteiger partial charge in [-0.25, -0.2) is 0 Å². The van der Waals surface area contributed by atoms with Gasteiger partial charge in [0.1, 0.15) is 0 Å². The lowest BCUT2D eigenvalue weighted by Crippen LogP contribution is -2.51. The third-order valence-corrected chi connectivity index (χ3v) is 3.56. The van der Waals surface area contributed by atoms with Gasteiger partial charge in [-0.2, -0.15) is 0 Å². The highest BCUT2D eigenvalue weighted by Gasteiger charge is 2.21. The van der Waals surface area contributed by atoms with Gasteiger partial charge in [0.25, 0.3) is 0 Å². The molecule has 1 saturated heterocycles. The monoisotopic (exact) mass is 305 g/mol. The lowest BCUT2D eigenvalue weighted by molar-refractivity contribution is -0.122. The number of hydrogen-bond donors (Lipinski definition) is 3. The average molecular weight is 306 g/mol. The molecule has 20 heavy (non-hydrogen) atoms. The van der Waals surface area contributed by atoms with Gasteiger partial charge >= 0.3 is 0 Å². The molecule has 0 aromatic heterocycles. The molecule has 2 amide bonds. The Hall–Kier alpha value is -0.810. The second-order valence-corrected chi connectivity index (χ2v) is 5.35. The van der Waals surface area contributed by atoms with Crippen molar-refractivity contribution >= 4 is 24.2 Å². The van der Waals surface area contributed by atoms with Crippen molar-refractivity contribution < 1.29 is 9.59 Å². The summed E-state index contributed by atoms with van der Waals surface area (Å²) in [6.45, 7) is 5.40. The number of carbonyl (C=O) groups excluding carboxylic acids is 2. The molecule has 0 aromatic carbocycles. The van der Waals surface area contributed by atoms with Crippen molar-refractivity contribution in [1.29, 1.82) is 0 Å². The highest BCUT2D eigenvalue weighted by atomic mass is 35.5. The van der Waals surface area contributed by atoms with Crippen LogP contribution in [0.2, 0.25) is 0 Å². The number of piperidine rings is 1. The Bertz CT molecular complexity index is 300. The van der Waals surface area contributed by atoms with E-state index in [-0.39, 0.29) is 30.3 Å². The molecule has 1 rings (SSSR count). The predicted molar refractivity (Wildman–Crippen MR) is 83.0 cm³/mol. The topological polar surface area (TPSA) is 70.2 Å². The van der Waals surface area contributed by atoms with Crippen LogP contribution >= 0.6 is 12.4 Å². The van der Waals surface area contributed by atoms with E-state index < -0.39 is 0 Å². The summed E-state index contributed by atoms with van der Waals surface area (Å²) < 4.78 is 0. The molecule has 5 nitrogen and oxygen atoms in total. The van der Waals surface area contributed by atoms with Gasteiger partial charge in [0.2, 0.25) is 11.8 Å². The summed E-state index contributed by atoms with van der Waals surface area (Å²) in [5, 5.41) is 9.24. The number of carbonyl (C=O) groups is 2. The van der Waals surface area contributed by atoms with Crippen LogP contribution in [0, 0.1) is 0 Å². The fraction of sp³-hybridized carbons (Fsp3) is 0.857. The summed E-state index contributed by atoms with van der Waals surface area (Å²) in [6.07, 6.45) is 5.60. The molecular formula is C14H28ClN3O2. The fourth-order valence-corrected chi connectivity index (χ4v) is 2.37. The Morgan fingerprint density at radius 3 is 2.65 bits per heavy atom. The molecule has 1 heterocycles. The minimum Gasteiger partial charge on any atom is -0.356 e. The lowest BCUT2D eigenvalue weighted by Gasteiger charge is -2.30. The molecule has 6 heteroatoms. The molecule has 3 N–H and O–H groups in total. The van der Waals surface area contributed by atoms with Gasteiger partial charge < -0.3 is 16.0 Å². The van der Waals surface area contributed by atoms with E-state index >= 15 is 0 Å². The Balaban J connectivity index is 0.00000361. The first-order valence-electron chi connectivity index (χ1n) is 7.37. The summed E-state index contributed by atoms with van der Waals surface area (Å²) in [5.74, 6) is 0.164. The van der Waals surface area contributed by atoms with Crippen LogP contribution in [0.5, 0.6) is 0 Å². The first kappa shape index (κ1) is 19.2. The summed E-state index contributed by atoms with van der Waals surface area (Å²) in [6, 6.07) is 0.651. The van der Waals surface area contributed by atoms with E-state index in [1.165, 1.54) is 6.92 Å². The zero-order valence-electron chi connectivity index (χ0n) is 12.5. The SMILES string of the molecule is CC(=O)NCCCCCC(=O)NC1CCCNC1C.Cl. The molecule has 1 fully saturated rings. The quantitative estimate of drug-likeness (QED) is 0.622. The first-order chi connectivity index (χ1) is 9.09. The van der Waals surface area contributed by atoms with Crippen LogP contribution in [0.4, 0.5) is 0 Å². The van der Waals surface area contributed by atoms with Crippen molar-refractivity contribution in [2.75, 3.05) is 13.1 Å². The van der Waals surface area contributed by atoms with Gasteiger partial charge in [0, 0.05) is 32.0 Å². The number of rotatable bonds is 7. The van der Waals surface area contributed by atoms with Crippen molar-refractivity contribution in [2.45, 2.75) is 64.5 Å². The van der Waals surface area contributed by atoms with Crippen LogP contribution < -0.4 is 16.0 Å². The third kappa shape index (κ3) is 8.38. The van der Waals surface area contributed by atoms with Crippen LogP contribution in [0.1, 0.15) is 52.4 Å². The molecule has 0 aromatic rings. The standard InChI is InChI=1S/C14H27N3O2.ClH/c1-11-13(7-6-10-15-11)17-14(19)8-4-3-5-9-16-12(2)18;/h11,13,15H,3-10H2,1-2H3,(H,16,18)(H,17,19);1H. The van der Waals surface area contributed by atoms with Crippen molar-refractivity contribution in [2.24, 2.45) is 0 Å². The maximum Gasteiger partial charge on any atom is 0.220 e. The molecule has 0 spiro atoms. The van der Waals surface area contributed by atoms with Gasteiger partial charge in [-0.3, -0.25) is 9.59 Å². The van der Waals surface area contributed by atoms with Crippen LogP contribution in [0.3, 0.4) is 0 Å². The Morgan fingerprint density at radius 2 is 2.00 bits per heavy atom. The van der Waals surface area contributed by atoms with E-state index in [9.17, 15) is 9.59 Å². The number of unbranched alkanes of at least 4 members (excludes halogenated alkanes) is 2. The maximum absolute atomic E-state index is 11.8. The highest BCUT2D eigenvalue weighted by Crippen LogP contribution is 2.09. The Labute approximate surface area is 128 Å². The second-order valence-electron chi connectivity index (χ2n) is 5.35. The smallest absolute Gasteiger partial charge is 0.220 e. The molecule has 0 bridgehead atoms. The van der Waals surface area contributed by atoms with Crippen molar-refractivity contribution in [3.05, 3.63) is 0 Å². The predicted octanol–water partition coefficient (Wildman–Crippen LogP) is 1.36.